The van der Waals surface area contributed by atoms with E-state index < -0.39 is 0 Å². The molecule has 4 amide bonds. The van der Waals surface area contributed by atoms with E-state index in [0.717, 1.165) is 6.41 Å². The highest BCUT2D eigenvalue weighted by Crippen LogP contribution is 2.20. The Morgan fingerprint density at radius 1 is 1.16 bits per heavy atom. The molecular formula is C17H22N4O4. The lowest BCUT2D eigenvalue weighted by Crippen LogP contribution is -2.51. The maximum Gasteiger partial charge on any atom is 0.242 e. The normalized spacial score (nSPS) is 14.0. The second-order valence-corrected chi connectivity index (χ2v) is 5.86. The molecule has 1 saturated heterocycles. The number of nitrogens with zero attached hydrogens (tertiary/aromatic N) is 3. The van der Waals surface area contributed by atoms with Crippen LogP contribution in [0.2, 0.25) is 0 Å². The Morgan fingerprint density at radius 3 is 2.40 bits per heavy atom. The number of rotatable bonds is 5. The topological polar surface area (TPSA) is 90.0 Å². The molecule has 0 aromatic heterocycles. The molecule has 0 atom stereocenters. The SMILES string of the molecule is CC(=O)Nc1cccc(N(CC(=O)N2CCN(C=O)CC2)C(C)=O)c1. The van der Waals surface area contributed by atoms with Gasteiger partial charge >= 0.3 is 0 Å². The maximum atomic E-state index is 12.5. The molecule has 1 aromatic rings. The third-order valence-electron chi connectivity index (χ3n) is 3.97. The predicted octanol–water partition coefficient (Wildman–Crippen LogP) is 0.299. The minimum Gasteiger partial charge on any atom is -0.342 e. The highest BCUT2D eigenvalue weighted by molar-refractivity contribution is 5.98. The van der Waals surface area contributed by atoms with Gasteiger partial charge in [-0.2, -0.15) is 0 Å². The number of anilines is 2. The maximum absolute atomic E-state index is 12.5. The van der Waals surface area contributed by atoms with Gasteiger partial charge in [-0.1, -0.05) is 6.07 Å². The second kappa shape index (κ2) is 8.27. The summed E-state index contributed by atoms with van der Waals surface area (Å²) in [5.41, 5.74) is 1.10. The van der Waals surface area contributed by atoms with Crippen LogP contribution >= 0.6 is 0 Å². The molecule has 0 unspecified atom stereocenters. The number of benzene rings is 1. The van der Waals surface area contributed by atoms with Crippen molar-refractivity contribution in [1.29, 1.82) is 0 Å². The third-order valence-corrected chi connectivity index (χ3v) is 3.97. The zero-order valence-electron chi connectivity index (χ0n) is 14.4. The number of carbonyl (C=O) groups is 4. The molecule has 1 heterocycles. The molecule has 0 spiro atoms. The quantitative estimate of drug-likeness (QED) is 0.777. The monoisotopic (exact) mass is 346 g/mol. The van der Waals surface area contributed by atoms with E-state index in [2.05, 4.69) is 5.32 Å². The average molecular weight is 346 g/mol. The van der Waals surface area contributed by atoms with Crippen LogP contribution in [0.25, 0.3) is 0 Å². The molecule has 25 heavy (non-hydrogen) atoms. The number of piperazine rings is 1. The summed E-state index contributed by atoms with van der Waals surface area (Å²) in [5.74, 6) is -0.652. The number of amides is 4. The Hall–Kier alpha value is -2.90. The Balaban J connectivity index is 2.08. The summed E-state index contributed by atoms with van der Waals surface area (Å²) in [6.45, 7) is 4.60. The molecule has 1 aromatic carbocycles. The van der Waals surface area contributed by atoms with Crippen LogP contribution in [0.15, 0.2) is 24.3 Å². The summed E-state index contributed by atoms with van der Waals surface area (Å²) in [7, 11) is 0. The minimum absolute atomic E-state index is 0.0834. The Labute approximate surface area is 146 Å². The molecule has 134 valence electrons. The van der Waals surface area contributed by atoms with Gasteiger partial charge in [0.15, 0.2) is 0 Å². The van der Waals surface area contributed by atoms with Crippen molar-refractivity contribution in [2.45, 2.75) is 13.8 Å². The standard InChI is InChI=1S/C17H22N4O4/c1-13(23)18-15-4-3-5-16(10-15)21(14(2)24)11-17(25)20-8-6-19(12-22)7-9-20/h3-5,10,12H,6-9,11H2,1-2H3,(H,18,23). The van der Waals surface area contributed by atoms with Crippen molar-refractivity contribution in [3.05, 3.63) is 24.3 Å². The highest BCUT2D eigenvalue weighted by atomic mass is 16.2. The number of carbonyl (C=O) groups excluding carboxylic acids is 4. The second-order valence-electron chi connectivity index (χ2n) is 5.86. The van der Waals surface area contributed by atoms with E-state index in [1.165, 1.54) is 18.7 Å². The smallest absolute Gasteiger partial charge is 0.242 e. The van der Waals surface area contributed by atoms with Crippen molar-refractivity contribution >= 4 is 35.5 Å². The van der Waals surface area contributed by atoms with E-state index >= 15 is 0 Å². The largest absolute Gasteiger partial charge is 0.342 e. The zero-order chi connectivity index (χ0) is 18.4. The van der Waals surface area contributed by atoms with E-state index in [4.69, 9.17) is 0 Å². The number of hydrogen-bond donors (Lipinski definition) is 1. The van der Waals surface area contributed by atoms with Crippen LogP contribution in [0.1, 0.15) is 13.8 Å². The van der Waals surface area contributed by atoms with Gasteiger partial charge in [0, 0.05) is 51.4 Å². The third kappa shape index (κ3) is 5.03. The first kappa shape index (κ1) is 18.4. The Bertz CT molecular complexity index is 668. The van der Waals surface area contributed by atoms with Gasteiger partial charge in [-0.05, 0) is 18.2 Å². The molecule has 0 radical (unpaired) electrons. The molecule has 0 aliphatic carbocycles. The molecule has 1 aliphatic rings. The summed E-state index contributed by atoms with van der Waals surface area (Å²) < 4.78 is 0. The van der Waals surface area contributed by atoms with Gasteiger partial charge < -0.3 is 20.0 Å². The molecular weight excluding hydrogens is 324 g/mol. The Kier molecular flexibility index (Phi) is 6.10. The van der Waals surface area contributed by atoms with Crippen molar-refractivity contribution in [2.75, 3.05) is 42.9 Å². The van der Waals surface area contributed by atoms with Crippen LogP contribution in [0.4, 0.5) is 11.4 Å². The average Bonchev–Trinajstić information content (AvgIpc) is 2.59. The highest BCUT2D eigenvalue weighted by Gasteiger charge is 2.24. The fraction of sp³-hybridized carbons (Fsp3) is 0.412. The Morgan fingerprint density at radius 2 is 1.84 bits per heavy atom. The van der Waals surface area contributed by atoms with Crippen LogP contribution in [0.3, 0.4) is 0 Å². The molecule has 1 N–H and O–H groups in total. The molecule has 8 heteroatoms. The van der Waals surface area contributed by atoms with Gasteiger partial charge in [0.25, 0.3) is 0 Å². The van der Waals surface area contributed by atoms with Crippen LogP contribution in [-0.4, -0.2) is 66.7 Å². The predicted molar refractivity (Wildman–Crippen MR) is 93.0 cm³/mol. The van der Waals surface area contributed by atoms with E-state index in [1.54, 1.807) is 34.1 Å². The summed E-state index contributed by atoms with van der Waals surface area (Å²) >= 11 is 0. The fourth-order valence-electron chi connectivity index (χ4n) is 2.65. The van der Waals surface area contributed by atoms with Gasteiger partial charge in [0.2, 0.25) is 24.1 Å². The summed E-state index contributed by atoms with van der Waals surface area (Å²) in [4.78, 5) is 51.1. The molecule has 2 rings (SSSR count). The molecule has 8 nitrogen and oxygen atoms in total. The van der Waals surface area contributed by atoms with Gasteiger partial charge in [-0.3, -0.25) is 19.2 Å². The van der Waals surface area contributed by atoms with Crippen molar-refractivity contribution < 1.29 is 19.2 Å². The van der Waals surface area contributed by atoms with Crippen molar-refractivity contribution in [2.24, 2.45) is 0 Å². The fourth-order valence-corrected chi connectivity index (χ4v) is 2.65. The van der Waals surface area contributed by atoms with Crippen LogP contribution < -0.4 is 10.2 Å². The minimum atomic E-state index is -0.264. The molecule has 1 aliphatic heterocycles. The van der Waals surface area contributed by atoms with E-state index in [0.29, 0.717) is 37.6 Å². The van der Waals surface area contributed by atoms with E-state index in [-0.39, 0.29) is 24.3 Å². The van der Waals surface area contributed by atoms with Gasteiger partial charge in [-0.15, -0.1) is 0 Å². The van der Waals surface area contributed by atoms with Gasteiger partial charge in [0.05, 0.1) is 0 Å². The summed E-state index contributed by atoms with van der Waals surface area (Å²) in [5, 5.41) is 2.66. The number of hydrogen-bond acceptors (Lipinski definition) is 4. The van der Waals surface area contributed by atoms with Crippen molar-refractivity contribution in [3.63, 3.8) is 0 Å². The molecule has 0 bridgehead atoms. The van der Waals surface area contributed by atoms with E-state index in [1.807, 2.05) is 0 Å². The van der Waals surface area contributed by atoms with E-state index in [9.17, 15) is 19.2 Å². The lowest BCUT2D eigenvalue weighted by Gasteiger charge is -2.34. The van der Waals surface area contributed by atoms with Crippen molar-refractivity contribution in [3.8, 4) is 0 Å². The van der Waals surface area contributed by atoms with Crippen LogP contribution in [-0.2, 0) is 19.2 Å². The zero-order valence-corrected chi connectivity index (χ0v) is 14.4. The lowest BCUT2D eigenvalue weighted by atomic mass is 10.2. The summed E-state index contributed by atoms with van der Waals surface area (Å²) in [6, 6.07) is 6.79. The van der Waals surface area contributed by atoms with Gasteiger partial charge in [0.1, 0.15) is 6.54 Å². The van der Waals surface area contributed by atoms with Crippen molar-refractivity contribution in [1.82, 2.24) is 9.80 Å². The van der Waals surface area contributed by atoms with Gasteiger partial charge in [-0.25, -0.2) is 0 Å². The van der Waals surface area contributed by atoms with Crippen LogP contribution in [0.5, 0.6) is 0 Å². The number of nitrogens with one attached hydrogen (secondary N) is 1. The first-order valence-electron chi connectivity index (χ1n) is 8.03. The first-order chi connectivity index (χ1) is 11.9. The molecule has 0 saturated carbocycles. The van der Waals surface area contributed by atoms with Crippen LogP contribution in [0, 0.1) is 0 Å². The summed E-state index contributed by atoms with van der Waals surface area (Å²) in [6.07, 6.45) is 0.775. The lowest BCUT2D eigenvalue weighted by molar-refractivity contribution is -0.134. The molecule has 1 fully saturated rings. The first-order valence-corrected chi connectivity index (χ1v) is 8.03.